The fraction of sp³-hybridized carbons (Fsp3) is 0.500. The van der Waals surface area contributed by atoms with E-state index in [2.05, 4.69) is 24.7 Å². The van der Waals surface area contributed by atoms with Crippen LogP contribution in [0.4, 0.5) is 4.79 Å². The van der Waals surface area contributed by atoms with E-state index in [0.717, 1.165) is 5.56 Å². The summed E-state index contributed by atoms with van der Waals surface area (Å²) in [5.74, 6) is 0.114. The van der Waals surface area contributed by atoms with Crippen molar-refractivity contribution in [2.45, 2.75) is 20.3 Å². The van der Waals surface area contributed by atoms with Crippen LogP contribution in [0.3, 0.4) is 0 Å². The number of ether oxygens (including phenoxy) is 1. The summed E-state index contributed by atoms with van der Waals surface area (Å²) in [5.41, 5.74) is 3.48. The number of rotatable bonds is 2. The first-order valence-electron chi connectivity index (χ1n) is 7.18. The molecule has 2 rings (SSSR count). The smallest absolute Gasteiger partial charge is 0.409 e. The molecule has 1 saturated heterocycles. The number of aryl methyl sites for hydroxylation is 2. The van der Waals surface area contributed by atoms with E-state index in [-0.39, 0.29) is 12.0 Å². The van der Waals surface area contributed by atoms with E-state index in [1.165, 1.54) is 18.2 Å². The van der Waals surface area contributed by atoms with Gasteiger partial charge in [-0.2, -0.15) is 0 Å². The Morgan fingerprint density at radius 3 is 2.24 bits per heavy atom. The van der Waals surface area contributed by atoms with Crippen LogP contribution < -0.4 is 0 Å². The quantitative estimate of drug-likeness (QED) is 0.834. The maximum atomic E-state index is 12.3. The molecule has 21 heavy (non-hydrogen) atoms. The van der Waals surface area contributed by atoms with E-state index < -0.39 is 0 Å². The van der Waals surface area contributed by atoms with Gasteiger partial charge in [0.05, 0.1) is 13.5 Å². The molecular weight excluding hydrogens is 268 g/mol. The maximum Gasteiger partial charge on any atom is 0.409 e. The second-order valence-corrected chi connectivity index (χ2v) is 5.43. The molecule has 0 unspecified atom stereocenters. The average molecular weight is 290 g/mol. The lowest BCUT2D eigenvalue weighted by Crippen LogP contribution is -2.50. The molecule has 0 atom stereocenters. The normalized spacial score (nSPS) is 15.0. The molecule has 1 aromatic carbocycles. The van der Waals surface area contributed by atoms with Crippen LogP contribution in [0.5, 0.6) is 0 Å². The maximum absolute atomic E-state index is 12.3. The fourth-order valence-electron chi connectivity index (χ4n) is 2.47. The summed E-state index contributed by atoms with van der Waals surface area (Å²) in [5, 5.41) is 0. The van der Waals surface area contributed by atoms with Crippen LogP contribution in [-0.2, 0) is 16.0 Å². The molecular formula is C16H22N2O3. The Morgan fingerprint density at radius 2 is 1.67 bits per heavy atom. The van der Waals surface area contributed by atoms with Crippen LogP contribution in [0.2, 0.25) is 0 Å². The van der Waals surface area contributed by atoms with Gasteiger partial charge in [-0.25, -0.2) is 4.79 Å². The van der Waals surface area contributed by atoms with Crippen molar-refractivity contribution in [3.8, 4) is 0 Å². The average Bonchev–Trinajstić information content (AvgIpc) is 2.50. The van der Waals surface area contributed by atoms with Gasteiger partial charge in [0.25, 0.3) is 0 Å². The molecule has 1 aromatic rings. The molecule has 114 valence electrons. The molecule has 1 fully saturated rings. The molecule has 0 saturated carbocycles. The Balaban J connectivity index is 1.90. The number of hydrogen-bond donors (Lipinski definition) is 0. The third-order valence-electron chi connectivity index (χ3n) is 3.99. The predicted octanol–water partition coefficient (Wildman–Crippen LogP) is 1.76. The highest BCUT2D eigenvalue weighted by Gasteiger charge is 2.24. The zero-order valence-electron chi connectivity index (χ0n) is 12.9. The number of carbonyl (C=O) groups is 2. The number of piperazine rings is 1. The molecule has 1 aliphatic heterocycles. The molecule has 0 N–H and O–H groups in total. The molecule has 5 nitrogen and oxygen atoms in total. The van der Waals surface area contributed by atoms with Gasteiger partial charge in [-0.3, -0.25) is 4.79 Å². The van der Waals surface area contributed by atoms with Gasteiger partial charge in [-0.15, -0.1) is 0 Å². The van der Waals surface area contributed by atoms with Crippen LogP contribution >= 0.6 is 0 Å². The number of nitrogens with zero attached hydrogens (tertiary/aromatic N) is 2. The van der Waals surface area contributed by atoms with Gasteiger partial charge >= 0.3 is 6.09 Å². The molecule has 2 amide bonds. The van der Waals surface area contributed by atoms with Crippen molar-refractivity contribution in [3.63, 3.8) is 0 Å². The molecule has 0 radical (unpaired) electrons. The highest BCUT2D eigenvalue weighted by atomic mass is 16.5. The minimum Gasteiger partial charge on any atom is -0.453 e. The predicted molar refractivity (Wildman–Crippen MR) is 80.2 cm³/mol. The number of hydrogen-bond acceptors (Lipinski definition) is 3. The first-order chi connectivity index (χ1) is 10.0. The standard InChI is InChI=1S/C16H22N2O3/c1-12-4-5-14(10-13(12)2)11-15(19)17-6-8-18(9-7-17)16(20)21-3/h4-5,10H,6-9,11H2,1-3H3. The summed E-state index contributed by atoms with van der Waals surface area (Å²) in [7, 11) is 1.37. The Bertz CT molecular complexity index is 534. The Kier molecular flexibility index (Phi) is 4.83. The SMILES string of the molecule is COC(=O)N1CCN(C(=O)Cc2ccc(C)c(C)c2)CC1. The van der Waals surface area contributed by atoms with Gasteiger partial charge in [-0.05, 0) is 30.5 Å². The lowest BCUT2D eigenvalue weighted by molar-refractivity contribution is -0.132. The summed E-state index contributed by atoms with van der Waals surface area (Å²) >= 11 is 0. The Morgan fingerprint density at radius 1 is 1.05 bits per heavy atom. The molecule has 1 heterocycles. The summed E-state index contributed by atoms with van der Waals surface area (Å²) in [6.07, 6.45) is 0.0931. The summed E-state index contributed by atoms with van der Waals surface area (Å²) in [4.78, 5) is 27.1. The van der Waals surface area contributed by atoms with Crippen LogP contribution in [0.15, 0.2) is 18.2 Å². The van der Waals surface area contributed by atoms with Crippen LogP contribution in [0, 0.1) is 13.8 Å². The minimum atomic E-state index is -0.323. The molecule has 0 aromatic heterocycles. The van der Waals surface area contributed by atoms with Gasteiger partial charge in [0.15, 0.2) is 0 Å². The first-order valence-corrected chi connectivity index (χ1v) is 7.18. The van der Waals surface area contributed by atoms with Crippen molar-refractivity contribution in [3.05, 3.63) is 34.9 Å². The summed E-state index contributed by atoms with van der Waals surface area (Å²) in [6, 6.07) is 6.12. The zero-order valence-corrected chi connectivity index (χ0v) is 12.9. The third kappa shape index (κ3) is 3.74. The second kappa shape index (κ2) is 6.61. The van der Waals surface area contributed by atoms with E-state index in [1.54, 1.807) is 4.90 Å². The van der Waals surface area contributed by atoms with E-state index in [0.29, 0.717) is 32.6 Å². The minimum absolute atomic E-state index is 0.114. The summed E-state index contributed by atoms with van der Waals surface area (Å²) < 4.78 is 4.69. The molecule has 0 bridgehead atoms. The van der Waals surface area contributed by atoms with Crippen molar-refractivity contribution in [1.82, 2.24) is 9.80 Å². The number of amides is 2. The van der Waals surface area contributed by atoms with Crippen molar-refractivity contribution in [2.75, 3.05) is 33.3 Å². The van der Waals surface area contributed by atoms with Gasteiger partial charge in [0, 0.05) is 26.2 Å². The molecule has 1 aliphatic rings. The highest BCUT2D eigenvalue weighted by Crippen LogP contribution is 2.12. The van der Waals surface area contributed by atoms with Crippen molar-refractivity contribution >= 4 is 12.0 Å². The van der Waals surface area contributed by atoms with Gasteiger partial charge in [0.1, 0.15) is 0 Å². The molecule has 0 spiro atoms. The number of methoxy groups -OCH3 is 1. The van der Waals surface area contributed by atoms with Crippen molar-refractivity contribution in [2.24, 2.45) is 0 Å². The van der Waals surface area contributed by atoms with Gasteiger partial charge < -0.3 is 14.5 Å². The monoisotopic (exact) mass is 290 g/mol. The Labute approximate surface area is 125 Å². The fourth-order valence-corrected chi connectivity index (χ4v) is 2.47. The first kappa shape index (κ1) is 15.4. The molecule has 5 heteroatoms. The lowest BCUT2D eigenvalue weighted by atomic mass is 10.0. The lowest BCUT2D eigenvalue weighted by Gasteiger charge is -2.33. The number of benzene rings is 1. The third-order valence-corrected chi connectivity index (χ3v) is 3.99. The van der Waals surface area contributed by atoms with Crippen molar-refractivity contribution in [1.29, 1.82) is 0 Å². The van der Waals surface area contributed by atoms with Crippen LogP contribution in [0.1, 0.15) is 16.7 Å². The summed E-state index contributed by atoms with van der Waals surface area (Å²) in [6.45, 7) is 6.32. The van der Waals surface area contributed by atoms with Crippen molar-refractivity contribution < 1.29 is 14.3 Å². The van der Waals surface area contributed by atoms with Gasteiger partial charge in [-0.1, -0.05) is 18.2 Å². The van der Waals surface area contributed by atoms with E-state index in [4.69, 9.17) is 0 Å². The topological polar surface area (TPSA) is 49.9 Å². The van der Waals surface area contributed by atoms with E-state index in [9.17, 15) is 9.59 Å². The van der Waals surface area contributed by atoms with Gasteiger partial charge in [0.2, 0.25) is 5.91 Å². The number of carbonyl (C=O) groups excluding carboxylic acids is 2. The highest BCUT2D eigenvalue weighted by molar-refractivity contribution is 5.79. The Hall–Kier alpha value is -2.04. The van der Waals surface area contributed by atoms with Crippen LogP contribution in [0.25, 0.3) is 0 Å². The van der Waals surface area contributed by atoms with Crippen LogP contribution in [-0.4, -0.2) is 55.1 Å². The van der Waals surface area contributed by atoms with E-state index >= 15 is 0 Å². The van der Waals surface area contributed by atoms with E-state index in [1.807, 2.05) is 17.0 Å². The zero-order chi connectivity index (χ0) is 15.4. The second-order valence-electron chi connectivity index (χ2n) is 5.43. The largest absolute Gasteiger partial charge is 0.453 e. The molecule has 0 aliphatic carbocycles.